The van der Waals surface area contributed by atoms with Crippen LogP contribution in [0.5, 0.6) is 0 Å². The molecule has 1 fully saturated rings. The third-order valence-electron chi connectivity index (χ3n) is 4.05. The zero-order chi connectivity index (χ0) is 16.9. The van der Waals surface area contributed by atoms with Crippen molar-refractivity contribution in [1.29, 1.82) is 0 Å². The van der Waals surface area contributed by atoms with Crippen molar-refractivity contribution >= 4 is 28.3 Å². The van der Waals surface area contributed by atoms with Crippen LogP contribution in [0.15, 0.2) is 35.8 Å². The third kappa shape index (κ3) is 3.97. The molecule has 3 rings (SSSR count). The molecule has 1 saturated heterocycles. The minimum absolute atomic E-state index is 0.0731. The van der Waals surface area contributed by atoms with Crippen molar-refractivity contribution in [1.82, 2.24) is 9.88 Å². The van der Waals surface area contributed by atoms with Crippen LogP contribution in [0.25, 0.3) is 0 Å². The van der Waals surface area contributed by atoms with E-state index in [1.54, 1.807) is 28.6 Å². The second-order valence-electron chi connectivity index (χ2n) is 5.70. The summed E-state index contributed by atoms with van der Waals surface area (Å²) in [6.45, 7) is 0.581. The number of nitrogens with one attached hydrogen (secondary N) is 1. The number of hydrogen-bond acceptors (Lipinski definition) is 4. The highest BCUT2D eigenvalue weighted by Crippen LogP contribution is 2.21. The van der Waals surface area contributed by atoms with Crippen LogP contribution in [-0.2, 0) is 16.0 Å². The van der Waals surface area contributed by atoms with E-state index in [0.29, 0.717) is 24.5 Å². The van der Waals surface area contributed by atoms with Gasteiger partial charge in [0.1, 0.15) is 11.9 Å². The van der Waals surface area contributed by atoms with E-state index in [0.717, 1.165) is 12.0 Å². The highest BCUT2D eigenvalue weighted by Gasteiger charge is 2.33. The average Bonchev–Trinajstić information content (AvgIpc) is 3.24. The lowest BCUT2D eigenvalue weighted by atomic mass is 10.1. The lowest BCUT2D eigenvalue weighted by Gasteiger charge is -2.23. The smallest absolute Gasteiger partial charge is 0.248 e. The molecule has 2 aromatic rings. The first-order valence-electron chi connectivity index (χ1n) is 7.88. The minimum Gasteiger partial charge on any atom is -0.331 e. The Balaban J connectivity index is 1.58. The molecule has 24 heavy (non-hydrogen) atoms. The Labute approximate surface area is 143 Å². The van der Waals surface area contributed by atoms with Crippen LogP contribution in [-0.4, -0.2) is 34.3 Å². The Morgan fingerprint density at radius 2 is 2.29 bits per heavy atom. The van der Waals surface area contributed by atoms with E-state index in [1.165, 1.54) is 23.5 Å². The maximum absolute atomic E-state index is 13.2. The highest BCUT2D eigenvalue weighted by molar-refractivity contribution is 7.13. The monoisotopic (exact) mass is 347 g/mol. The molecule has 1 aromatic heterocycles. The van der Waals surface area contributed by atoms with Crippen molar-refractivity contribution in [2.75, 3.05) is 11.9 Å². The standard InChI is InChI=1S/C17H18FN3O2S/c18-13-4-1-3-12(11-13)6-7-15(22)21-9-2-5-14(21)16(23)20-17-19-8-10-24-17/h1,3-4,8,10-11,14H,2,5-7,9H2,(H,19,20,23). The number of halogens is 1. The van der Waals surface area contributed by atoms with E-state index in [-0.39, 0.29) is 24.1 Å². The van der Waals surface area contributed by atoms with E-state index in [1.807, 2.05) is 0 Å². The lowest BCUT2D eigenvalue weighted by molar-refractivity contribution is -0.136. The molecule has 1 aliphatic rings. The third-order valence-corrected chi connectivity index (χ3v) is 4.74. The second kappa shape index (κ2) is 7.53. The number of aromatic nitrogens is 1. The van der Waals surface area contributed by atoms with Crippen molar-refractivity contribution in [2.24, 2.45) is 0 Å². The van der Waals surface area contributed by atoms with Crippen molar-refractivity contribution in [2.45, 2.75) is 31.7 Å². The minimum atomic E-state index is -0.450. The number of likely N-dealkylation sites (tertiary alicyclic amines) is 1. The number of anilines is 1. The van der Waals surface area contributed by atoms with E-state index in [9.17, 15) is 14.0 Å². The SMILES string of the molecule is O=C(Nc1nccs1)C1CCCN1C(=O)CCc1cccc(F)c1. The van der Waals surface area contributed by atoms with Gasteiger partial charge >= 0.3 is 0 Å². The molecule has 1 atom stereocenters. The molecule has 1 aliphatic heterocycles. The number of amides is 2. The first kappa shape index (κ1) is 16.6. The largest absolute Gasteiger partial charge is 0.331 e. The number of rotatable bonds is 5. The van der Waals surface area contributed by atoms with E-state index in [2.05, 4.69) is 10.3 Å². The summed E-state index contributed by atoms with van der Waals surface area (Å²) >= 11 is 1.35. The second-order valence-corrected chi connectivity index (χ2v) is 6.60. The van der Waals surface area contributed by atoms with Crippen LogP contribution in [0.3, 0.4) is 0 Å². The van der Waals surface area contributed by atoms with Gasteiger partial charge in [0.05, 0.1) is 0 Å². The van der Waals surface area contributed by atoms with Crippen molar-refractivity contribution in [3.63, 3.8) is 0 Å². The molecule has 0 saturated carbocycles. The van der Waals surface area contributed by atoms with Gasteiger partial charge < -0.3 is 10.2 Å². The first-order chi connectivity index (χ1) is 11.6. The Kier molecular flexibility index (Phi) is 5.20. The maximum Gasteiger partial charge on any atom is 0.248 e. The van der Waals surface area contributed by atoms with Gasteiger partial charge in [0.2, 0.25) is 11.8 Å². The summed E-state index contributed by atoms with van der Waals surface area (Å²) in [4.78, 5) is 30.5. The molecule has 5 nitrogen and oxygen atoms in total. The van der Waals surface area contributed by atoms with Gasteiger partial charge in [-0.3, -0.25) is 9.59 Å². The fourth-order valence-electron chi connectivity index (χ4n) is 2.90. The molecule has 1 unspecified atom stereocenters. The highest BCUT2D eigenvalue weighted by atomic mass is 32.1. The summed E-state index contributed by atoms with van der Waals surface area (Å²) in [6, 6.07) is 5.80. The molecule has 126 valence electrons. The summed E-state index contributed by atoms with van der Waals surface area (Å²) < 4.78 is 13.2. The van der Waals surface area contributed by atoms with Crippen LogP contribution in [0.1, 0.15) is 24.8 Å². The van der Waals surface area contributed by atoms with Gasteiger partial charge in [-0.1, -0.05) is 12.1 Å². The Bertz CT molecular complexity index is 720. The van der Waals surface area contributed by atoms with Gasteiger partial charge in [-0.15, -0.1) is 11.3 Å². The molecule has 2 heterocycles. The van der Waals surface area contributed by atoms with E-state index >= 15 is 0 Å². The topological polar surface area (TPSA) is 62.3 Å². The van der Waals surface area contributed by atoms with Crippen LogP contribution in [0, 0.1) is 5.82 Å². The van der Waals surface area contributed by atoms with Gasteiger partial charge in [-0.05, 0) is 37.0 Å². The van der Waals surface area contributed by atoms with Crippen molar-refractivity contribution < 1.29 is 14.0 Å². The summed E-state index contributed by atoms with van der Waals surface area (Å²) in [7, 11) is 0. The predicted octanol–water partition coefficient (Wildman–Crippen LogP) is 2.84. The molecular weight excluding hydrogens is 329 g/mol. The van der Waals surface area contributed by atoms with E-state index < -0.39 is 6.04 Å². The average molecular weight is 347 g/mol. The van der Waals surface area contributed by atoms with Gasteiger partial charge in [-0.25, -0.2) is 9.37 Å². The number of carbonyl (C=O) groups is 2. The predicted molar refractivity (Wildman–Crippen MR) is 90.2 cm³/mol. The maximum atomic E-state index is 13.2. The van der Waals surface area contributed by atoms with Crippen molar-refractivity contribution in [3.05, 3.63) is 47.2 Å². The summed E-state index contributed by atoms with van der Waals surface area (Å²) in [6.07, 6.45) is 3.82. The zero-order valence-electron chi connectivity index (χ0n) is 13.1. The van der Waals surface area contributed by atoms with Crippen LogP contribution in [0.2, 0.25) is 0 Å². The van der Waals surface area contributed by atoms with Gasteiger partial charge in [0, 0.05) is 24.5 Å². The number of hydrogen-bond donors (Lipinski definition) is 1. The number of thiazole rings is 1. The quantitative estimate of drug-likeness (QED) is 0.905. The van der Waals surface area contributed by atoms with Crippen LogP contribution >= 0.6 is 11.3 Å². The fraction of sp³-hybridized carbons (Fsp3) is 0.353. The van der Waals surface area contributed by atoms with Crippen molar-refractivity contribution in [3.8, 4) is 0 Å². The molecule has 0 aliphatic carbocycles. The Hall–Kier alpha value is -2.28. The zero-order valence-corrected chi connectivity index (χ0v) is 13.9. The number of aryl methyl sites for hydroxylation is 1. The fourth-order valence-corrected chi connectivity index (χ4v) is 3.43. The molecule has 1 N–H and O–H groups in total. The number of nitrogens with zero attached hydrogens (tertiary/aromatic N) is 2. The number of carbonyl (C=O) groups excluding carboxylic acids is 2. The summed E-state index contributed by atoms with van der Waals surface area (Å²) in [5, 5.41) is 5.08. The molecule has 0 radical (unpaired) electrons. The molecule has 1 aromatic carbocycles. The lowest BCUT2D eigenvalue weighted by Crippen LogP contribution is -2.43. The van der Waals surface area contributed by atoms with E-state index in [4.69, 9.17) is 0 Å². The van der Waals surface area contributed by atoms with Gasteiger partial charge in [0.15, 0.2) is 5.13 Å². The summed E-state index contributed by atoms with van der Waals surface area (Å²) in [5.74, 6) is -0.570. The Morgan fingerprint density at radius 3 is 3.04 bits per heavy atom. The first-order valence-corrected chi connectivity index (χ1v) is 8.76. The molecule has 7 heteroatoms. The van der Waals surface area contributed by atoms with Gasteiger partial charge in [0.25, 0.3) is 0 Å². The summed E-state index contributed by atoms with van der Waals surface area (Å²) in [5.41, 5.74) is 0.784. The van der Waals surface area contributed by atoms with Crippen LogP contribution < -0.4 is 5.32 Å². The molecule has 0 spiro atoms. The van der Waals surface area contributed by atoms with Crippen LogP contribution in [0.4, 0.5) is 9.52 Å². The molecule has 2 amide bonds. The molecular formula is C17H18FN3O2S. The molecule has 0 bridgehead atoms. The number of benzene rings is 1. The van der Waals surface area contributed by atoms with Gasteiger partial charge in [-0.2, -0.15) is 0 Å². The Morgan fingerprint density at radius 1 is 1.42 bits per heavy atom. The normalized spacial score (nSPS) is 17.0.